The number of fused-ring (bicyclic) bond motifs is 3. The third kappa shape index (κ3) is 2.77. The zero-order valence-electron chi connectivity index (χ0n) is 17.8. The van der Waals surface area contributed by atoms with Crippen LogP contribution in [0.2, 0.25) is 0 Å². The molecular formula is C24H28N4O2. The van der Waals surface area contributed by atoms with E-state index >= 15 is 0 Å². The molecule has 0 radical (unpaired) electrons. The molecular weight excluding hydrogens is 376 g/mol. The van der Waals surface area contributed by atoms with E-state index < -0.39 is 0 Å². The van der Waals surface area contributed by atoms with E-state index in [1.165, 1.54) is 5.56 Å². The zero-order chi connectivity index (χ0) is 21.0. The number of carbonyl (C=O) groups is 1. The molecule has 4 heterocycles. The Morgan fingerprint density at radius 1 is 1.20 bits per heavy atom. The molecule has 1 amide bonds. The monoisotopic (exact) mass is 404 g/mol. The van der Waals surface area contributed by atoms with E-state index in [1.54, 1.807) is 4.52 Å². The molecule has 0 saturated carbocycles. The predicted molar refractivity (Wildman–Crippen MR) is 114 cm³/mol. The van der Waals surface area contributed by atoms with Gasteiger partial charge in [0.1, 0.15) is 5.56 Å². The van der Waals surface area contributed by atoms with E-state index in [0.717, 1.165) is 37.1 Å². The van der Waals surface area contributed by atoms with Gasteiger partial charge in [-0.05, 0) is 58.1 Å². The molecule has 3 aromatic rings. The summed E-state index contributed by atoms with van der Waals surface area (Å²) in [6.45, 7) is 5.91. The molecule has 2 saturated heterocycles. The molecule has 6 nitrogen and oxygen atoms in total. The molecule has 3 atom stereocenters. The van der Waals surface area contributed by atoms with Crippen molar-refractivity contribution in [2.45, 2.75) is 58.5 Å². The van der Waals surface area contributed by atoms with Gasteiger partial charge in [0, 0.05) is 28.9 Å². The van der Waals surface area contributed by atoms with Crippen molar-refractivity contribution in [2.24, 2.45) is 5.41 Å². The molecule has 2 aromatic heterocycles. The Kier molecular flexibility index (Phi) is 4.43. The third-order valence-electron chi connectivity index (χ3n) is 7.08. The van der Waals surface area contributed by atoms with Crippen molar-refractivity contribution >= 4 is 11.6 Å². The highest BCUT2D eigenvalue weighted by molar-refractivity contribution is 6.01. The lowest BCUT2D eigenvalue weighted by atomic mass is 9.70. The number of aromatic nitrogens is 3. The maximum Gasteiger partial charge on any atom is 0.260 e. The van der Waals surface area contributed by atoms with Crippen molar-refractivity contribution < 1.29 is 9.90 Å². The summed E-state index contributed by atoms with van der Waals surface area (Å²) in [4.78, 5) is 20.5. The Morgan fingerprint density at radius 2 is 1.97 bits per heavy atom. The highest BCUT2D eigenvalue weighted by Gasteiger charge is 2.57. The van der Waals surface area contributed by atoms with E-state index in [2.05, 4.69) is 22.2 Å². The minimum atomic E-state index is -0.282. The van der Waals surface area contributed by atoms with Gasteiger partial charge in [0.25, 0.3) is 5.91 Å². The molecule has 2 fully saturated rings. The average molecular weight is 405 g/mol. The third-order valence-corrected chi connectivity index (χ3v) is 7.08. The van der Waals surface area contributed by atoms with Gasteiger partial charge in [0.15, 0.2) is 5.65 Å². The van der Waals surface area contributed by atoms with E-state index in [0.29, 0.717) is 16.9 Å². The lowest BCUT2D eigenvalue weighted by molar-refractivity contribution is 0.0572. The first kappa shape index (κ1) is 19.2. The van der Waals surface area contributed by atoms with Crippen molar-refractivity contribution in [3.05, 3.63) is 64.6 Å². The number of carbonyl (C=O) groups excluding carboxylic acids is 1. The van der Waals surface area contributed by atoms with Gasteiger partial charge in [0.2, 0.25) is 0 Å². The summed E-state index contributed by atoms with van der Waals surface area (Å²) in [6, 6.07) is 12.5. The number of aliphatic hydroxyl groups excluding tert-OH is 1. The second-order valence-corrected chi connectivity index (χ2v) is 9.08. The molecule has 6 heteroatoms. The first-order valence-corrected chi connectivity index (χ1v) is 10.7. The Labute approximate surface area is 176 Å². The van der Waals surface area contributed by atoms with Gasteiger partial charge in [-0.1, -0.05) is 30.3 Å². The van der Waals surface area contributed by atoms with Crippen molar-refractivity contribution in [3.8, 4) is 0 Å². The molecule has 2 aliphatic heterocycles. The second-order valence-electron chi connectivity index (χ2n) is 9.08. The van der Waals surface area contributed by atoms with Gasteiger partial charge in [-0.3, -0.25) is 4.79 Å². The molecule has 2 bridgehead atoms. The molecule has 0 unspecified atom stereocenters. The van der Waals surface area contributed by atoms with Crippen LogP contribution >= 0.6 is 0 Å². The van der Waals surface area contributed by atoms with E-state index in [-0.39, 0.29) is 30.0 Å². The minimum absolute atomic E-state index is 0.0101. The Bertz CT molecular complexity index is 1120. The molecule has 2 aliphatic rings. The number of aryl methyl sites for hydroxylation is 3. The summed E-state index contributed by atoms with van der Waals surface area (Å²) in [7, 11) is 0. The second kappa shape index (κ2) is 6.91. The van der Waals surface area contributed by atoms with Crippen LogP contribution in [-0.4, -0.2) is 49.2 Å². The van der Waals surface area contributed by atoms with Crippen LogP contribution in [-0.2, 0) is 6.42 Å². The number of benzene rings is 1. The van der Waals surface area contributed by atoms with Gasteiger partial charge in [-0.2, -0.15) is 5.10 Å². The Hall–Kier alpha value is -2.73. The highest BCUT2D eigenvalue weighted by Crippen LogP contribution is 2.52. The fourth-order valence-electron chi connectivity index (χ4n) is 5.82. The first-order chi connectivity index (χ1) is 14.4. The largest absolute Gasteiger partial charge is 0.396 e. The van der Waals surface area contributed by atoms with Crippen molar-refractivity contribution in [1.82, 2.24) is 19.5 Å². The maximum absolute atomic E-state index is 13.8. The number of amides is 1. The van der Waals surface area contributed by atoms with Crippen LogP contribution in [0.5, 0.6) is 0 Å². The number of hydrogen-bond acceptors (Lipinski definition) is 4. The van der Waals surface area contributed by atoms with Crippen LogP contribution in [0.1, 0.15) is 52.3 Å². The number of hydrogen-bond donors (Lipinski definition) is 1. The van der Waals surface area contributed by atoms with Crippen molar-refractivity contribution in [2.75, 3.05) is 6.61 Å². The van der Waals surface area contributed by atoms with E-state index in [4.69, 9.17) is 0 Å². The number of rotatable bonds is 4. The van der Waals surface area contributed by atoms with Crippen LogP contribution in [0.4, 0.5) is 0 Å². The fourth-order valence-corrected chi connectivity index (χ4v) is 5.82. The van der Waals surface area contributed by atoms with Gasteiger partial charge < -0.3 is 10.0 Å². The quantitative estimate of drug-likeness (QED) is 0.725. The summed E-state index contributed by atoms with van der Waals surface area (Å²) in [5.41, 5.74) is 4.74. The summed E-state index contributed by atoms with van der Waals surface area (Å²) in [5.74, 6) is 0.0101. The Morgan fingerprint density at radius 3 is 2.70 bits per heavy atom. The van der Waals surface area contributed by atoms with E-state index in [1.807, 2.05) is 49.9 Å². The molecule has 156 valence electrons. The lowest BCUT2D eigenvalue weighted by Crippen LogP contribution is -2.44. The van der Waals surface area contributed by atoms with Crippen molar-refractivity contribution in [3.63, 3.8) is 0 Å². The van der Waals surface area contributed by atoms with Crippen LogP contribution < -0.4 is 0 Å². The molecule has 1 aromatic carbocycles. The van der Waals surface area contributed by atoms with Crippen molar-refractivity contribution in [1.29, 1.82) is 0 Å². The van der Waals surface area contributed by atoms with Gasteiger partial charge in [-0.15, -0.1) is 0 Å². The summed E-state index contributed by atoms with van der Waals surface area (Å²) >= 11 is 0. The summed E-state index contributed by atoms with van der Waals surface area (Å²) in [6.07, 6.45) is 3.57. The van der Waals surface area contributed by atoms with E-state index in [9.17, 15) is 9.90 Å². The standard InChI is InChI=1S/C24H28N4O2/c1-15-11-16(2)28-22(25-15)21(17(3)26-28)23(30)27-19-9-10-20(27)24(13-19,14-29)12-18-7-5-4-6-8-18/h4-8,11,19-20,29H,9-10,12-14H2,1-3H3/t19-,20+,24-/m1/s1. The molecule has 5 rings (SSSR count). The normalized spacial score (nSPS) is 25.4. The SMILES string of the molecule is Cc1cc(C)n2nc(C)c(C(=O)N3[C@@H]4CC[C@H]3[C@](CO)(Cc3ccccc3)C4)c2n1. The highest BCUT2D eigenvalue weighted by atomic mass is 16.3. The molecule has 0 spiro atoms. The van der Waals surface area contributed by atoms with Crippen LogP contribution in [0.3, 0.4) is 0 Å². The first-order valence-electron chi connectivity index (χ1n) is 10.7. The zero-order valence-corrected chi connectivity index (χ0v) is 17.8. The van der Waals surface area contributed by atoms with Crippen LogP contribution in [0, 0.1) is 26.2 Å². The minimum Gasteiger partial charge on any atom is -0.396 e. The molecule has 1 N–H and O–H groups in total. The molecule has 30 heavy (non-hydrogen) atoms. The van der Waals surface area contributed by atoms with Crippen LogP contribution in [0.15, 0.2) is 36.4 Å². The summed E-state index contributed by atoms with van der Waals surface area (Å²) < 4.78 is 1.77. The smallest absolute Gasteiger partial charge is 0.260 e. The number of aliphatic hydroxyl groups is 1. The lowest BCUT2D eigenvalue weighted by Gasteiger charge is -2.36. The maximum atomic E-state index is 13.8. The van der Waals surface area contributed by atoms with Crippen LogP contribution in [0.25, 0.3) is 5.65 Å². The summed E-state index contributed by atoms with van der Waals surface area (Å²) in [5, 5.41) is 15.1. The predicted octanol–water partition coefficient (Wildman–Crippen LogP) is 3.25. The molecule has 0 aliphatic carbocycles. The number of nitrogens with zero attached hydrogens (tertiary/aromatic N) is 4. The van der Waals surface area contributed by atoms with Gasteiger partial charge in [-0.25, -0.2) is 9.50 Å². The topological polar surface area (TPSA) is 70.7 Å². The van der Waals surface area contributed by atoms with Gasteiger partial charge in [0.05, 0.1) is 12.3 Å². The van der Waals surface area contributed by atoms with Gasteiger partial charge >= 0.3 is 0 Å². The Balaban J connectivity index is 1.53. The average Bonchev–Trinajstić information content (AvgIpc) is 3.38. The fraction of sp³-hybridized carbons (Fsp3) is 0.458.